The Kier molecular flexibility index (Phi) is 6.91. The average Bonchev–Trinajstić information content (AvgIpc) is 2.47. The molecule has 0 bridgehead atoms. The van der Waals surface area contributed by atoms with E-state index in [0.717, 1.165) is 31.8 Å². The van der Waals surface area contributed by atoms with Crippen molar-refractivity contribution in [3.8, 4) is 0 Å². The lowest BCUT2D eigenvalue weighted by Gasteiger charge is -2.36. The molecule has 0 spiro atoms. The standard InChI is InChI=1S/C13H21BrN2O3/c1-3-11(15-7-5-4-6-8-15)16(12(17)9-14)10-13(18)19-2/h3H,4-10H2,1-2H3/b11-3-. The van der Waals surface area contributed by atoms with Crippen LogP contribution >= 0.6 is 15.9 Å². The number of esters is 1. The van der Waals surface area contributed by atoms with Crippen molar-refractivity contribution in [2.75, 3.05) is 32.1 Å². The third-order valence-electron chi connectivity index (χ3n) is 3.15. The van der Waals surface area contributed by atoms with Crippen molar-refractivity contribution < 1.29 is 14.3 Å². The quantitative estimate of drug-likeness (QED) is 0.568. The molecule has 0 unspecified atom stereocenters. The lowest BCUT2D eigenvalue weighted by atomic mass is 10.1. The topological polar surface area (TPSA) is 49.9 Å². The van der Waals surface area contributed by atoms with Crippen LogP contribution in [0.5, 0.6) is 0 Å². The lowest BCUT2D eigenvalue weighted by Crippen LogP contribution is -2.44. The minimum absolute atomic E-state index is 0.0445. The van der Waals surface area contributed by atoms with Gasteiger partial charge in [0, 0.05) is 13.1 Å². The van der Waals surface area contributed by atoms with Gasteiger partial charge < -0.3 is 9.64 Å². The van der Waals surface area contributed by atoms with Crippen LogP contribution in [0.1, 0.15) is 26.2 Å². The zero-order valence-corrected chi connectivity index (χ0v) is 13.1. The first-order valence-corrected chi connectivity index (χ1v) is 7.60. The third-order valence-corrected chi connectivity index (χ3v) is 3.62. The van der Waals surface area contributed by atoms with E-state index < -0.39 is 5.97 Å². The first-order chi connectivity index (χ1) is 9.13. The Balaban J connectivity index is 2.86. The number of rotatable bonds is 5. The molecule has 1 aliphatic rings. The molecule has 1 heterocycles. The summed E-state index contributed by atoms with van der Waals surface area (Å²) in [6, 6.07) is 0. The molecule has 1 saturated heterocycles. The maximum Gasteiger partial charge on any atom is 0.325 e. The first-order valence-electron chi connectivity index (χ1n) is 6.48. The number of allylic oxidation sites excluding steroid dienone is 1. The van der Waals surface area contributed by atoms with E-state index in [1.165, 1.54) is 18.4 Å². The van der Waals surface area contributed by atoms with Crippen LogP contribution in [0.3, 0.4) is 0 Å². The van der Waals surface area contributed by atoms with E-state index in [2.05, 4.69) is 25.6 Å². The summed E-state index contributed by atoms with van der Waals surface area (Å²) in [6.07, 6.45) is 5.34. The van der Waals surface area contributed by atoms with Crippen molar-refractivity contribution in [3.63, 3.8) is 0 Å². The minimum Gasteiger partial charge on any atom is -0.468 e. The fourth-order valence-electron chi connectivity index (χ4n) is 2.19. The van der Waals surface area contributed by atoms with Crippen molar-refractivity contribution in [1.82, 2.24) is 9.80 Å². The van der Waals surface area contributed by atoms with Crippen molar-refractivity contribution in [2.45, 2.75) is 26.2 Å². The van der Waals surface area contributed by atoms with Crippen LogP contribution < -0.4 is 0 Å². The highest BCUT2D eigenvalue weighted by Crippen LogP contribution is 2.18. The summed E-state index contributed by atoms with van der Waals surface area (Å²) in [7, 11) is 1.33. The molecule has 19 heavy (non-hydrogen) atoms. The number of amides is 1. The van der Waals surface area contributed by atoms with Gasteiger partial charge in [0.1, 0.15) is 12.4 Å². The second-order valence-corrected chi connectivity index (χ2v) is 4.94. The van der Waals surface area contributed by atoms with Gasteiger partial charge in [0.05, 0.1) is 12.4 Å². The van der Waals surface area contributed by atoms with E-state index in [0.29, 0.717) is 0 Å². The average molecular weight is 333 g/mol. The van der Waals surface area contributed by atoms with E-state index in [1.54, 1.807) is 0 Å². The molecule has 1 aliphatic heterocycles. The number of nitrogens with zero attached hydrogens (tertiary/aromatic N) is 2. The molecule has 6 heteroatoms. The summed E-state index contributed by atoms with van der Waals surface area (Å²) in [4.78, 5) is 27.1. The molecule has 0 atom stereocenters. The highest BCUT2D eigenvalue weighted by Gasteiger charge is 2.25. The number of alkyl halides is 1. The zero-order valence-electron chi connectivity index (χ0n) is 11.5. The molecule has 0 radical (unpaired) electrons. The molecule has 108 valence electrons. The molecule has 0 aromatic rings. The largest absolute Gasteiger partial charge is 0.468 e. The van der Waals surface area contributed by atoms with Gasteiger partial charge in [-0.25, -0.2) is 0 Å². The molecular weight excluding hydrogens is 312 g/mol. The fourth-order valence-corrected chi connectivity index (χ4v) is 2.50. The number of hydrogen-bond acceptors (Lipinski definition) is 4. The summed E-state index contributed by atoms with van der Waals surface area (Å²) < 4.78 is 4.66. The van der Waals surface area contributed by atoms with E-state index in [-0.39, 0.29) is 17.8 Å². The first kappa shape index (κ1) is 16.0. The van der Waals surface area contributed by atoms with Crippen LogP contribution in [-0.4, -0.2) is 53.8 Å². The Morgan fingerprint density at radius 3 is 2.42 bits per heavy atom. The number of hydrogen-bond donors (Lipinski definition) is 0. The number of halogens is 1. The van der Waals surface area contributed by atoms with E-state index in [1.807, 2.05) is 13.0 Å². The highest BCUT2D eigenvalue weighted by atomic mass is 79.9. The molecule has 5 nitrogen and oxygen atoms in total. The molecule has 0 aliphatic carbocycles. The predicted molar refractivity (Wildman–Crippen MR) is 76.7 cm³/mol. The molecular formula is C13H21BrN2O3. The van der Waals surface area contributed by atoms with Gasteiger partial charge >= 0.3 is 5.97 Å². The Morgan fingerprint density at radius 1 is 1.32 bits per heavy atom. The number of piperidine rings is 1. The molecule has 0 aromatic carbocycles. The maximum absolute atomic E-state index is 12.0. The van der Waals surface area contributed by atoms with Crippen LogP contribution in [0.4, 0.5) is 0 Å². The Labute approximate surface area is 122 Å². The predicted octanol–water partition coefficient (Wildman–Crippen LogP) is 1.73. The minimum atomic E-state index is -0.411. The van der Waals surface area contributed by atoms with Gasteiger partial charge in [0.2, 0.25) is 5.91 Å². The van der Waals surface area contributed by atoms with Crippen molar-refractivity contribution in [2.24, 2.45) is 0 Å². The van der Waals surface area contributed by atoms with Crippen LogP contribution in [0, 0.1) is 0 Å². The van der Waals surface area contributed by atoms with Gasteiger partial charge in [-0.3, -0.25) is 14.5 Å². The molecule has 1 rings (SSSR count). The van der Waals surface area contributed by atoms with Crippen LogP contribution in [0.25, 0.3) is 0 Å². The van der Waals surface area contributed by atoms with Gasteiger partial charge in [-0.15, -0.1) is 0 Å². The van der Waals surface area contributed by atoms with E-state index in [4.69, 9.17) is 0 Å². The highest BCUT2D eigenvalue weighted by molar-refractivity contribution is 9.09. The SMILES string of the molecule is C/C=C(/N1CCCCC1)N(CC(=O)OC)C(=O)CBr. The lowest BCUT2D eigenvalue weighted by molar-refractivity contribution is -0.145. The van der Waals surface area contributed by atoms with Crippen molar-refractivity contribution in [3.05, 3.63) is 11.9 Å². The summed E-state index contributed by atoms with van der Waals surface area (Å²) in [6.45, 7) is 3.69. The van der Waals surface area contributed by atoms with E-state index >= 15 is 0 Å². The van der Waals surface area contributed by atoms with Crippen molar-refractivity contribution in [1.29, 1.82) is 0 Å². The van der Waals surface area contributed by atoms with Gasteiger partial charge in [0.15, 0.2) is 0 Å². The Morgan fingerprint density at radius 2 is 1.95 bits per heavy atom. The molecule has 0 aromatic heterocycles. The molecule has 1 fully saturated rings. The summed E-state index contributed by atoms with van der Waals surface area (Å²) in [5.41, 5.74) is 0. The van der Waals surface area contributed by atoms with Gasteiger partial charge in [0.25, 0.3) is 0 Å². The monoisotopic (exact) mass is 332 g/mol. The van der Waals surface area contributed by atoms with Crippen LogP contribution in [0.2, 0.25) is 0 Å². The smallest absolute Gasteiger partial charge is 0.325 e. The second kappa shape index (κ2) is 8.19. The van der Waals surface area contributed by atoms with E-state index in [9.17, 15) is 9.59 Å². The number of carbonyl (C=O) groups is 2. The molecule has 1 amide bonds. The third kappa shape index (κ3) is 4.53. The number of methoxy groups -OCH3 is 1. The van der Waals surface area contributed by atoms with Crippen LogP contribution in [0.15, 0.2) is 11.9 Å². The normalized spacial score (nSPS) is 16.2. The zero-order chi connectivity index (χ0) is 14.3. The Hall–Kier alpha value is -1.04. The molecule has 0 N–H and O–H groups in total. The fraction of sp³-hybridized carbons (Fsp3) is 0.692. The number of ether oxygens (including phenoxy) is 1. The summed E-state index contributed by atoms with van der Waals surface area (Å²) in [5, 5.41) is 0.190. The summed E-state index contributed by atoms with van der Waals surface area (Å²) >= 11 is 3.16. The maximum atomic E-state index is 12.0. The number of carbonyl (C=O) groups excluding carboxylic acids is 2. The Bertz CT molecular complexity index is 352. The number of likely N-dealkylation sites (tertiary alicyclic amines) is 1. The van der Waals surface area contributed by atoms with Gasteiger partial charge in [-0.05, 0) is 32.3 Å². The van der Waals surface area contributed by atoms with Gasteiger partial charge in [-0.1, -0.05) is 15.9 Å². The van der Waals surface area contributed by atoms with Gasteiger partial charge in [-0.2, -0.15) is 0 Å². The second-order valence-electron chi connectivity index (χ2n) is 4.38. The summed E-state index contributed by atoms with van der Waals surface area (Å²) in [5.74, 6) is 0.254. The van der Waals surface area contributed by atoms with Crippen molar-refractivity contribution >= 4 is 27.8 Å². The van der Waals surface area contributed by atoms with Crippen LogP contribution in [-0.2, 0) is 14.3 Å². The molecule has 0 saturated carbocycles.